The summed E-state index contributed by atoms with van der Waals surface area (Å²) < 4.78 is 6.78. The lowest BCUT2D eigenvalue weighted by Crippen LogP contribution is -2.02. The van der Waals surface area contributed by atoms with Gasteiger partial charge < -0.3 is 9.14 Å². The molecule has 0 saturated carbocycles. The summed E-state index contributed by atoms with van der Waals surface area (Å²) in [6.07, 6.45) is 3.47. The number of pyridine rings is 1. The van der Waals surface area contributed by atoms with Crippen molar-refractivity contribution >= 4 is 17.3 Å². The minimum absolute atomic E-state index is 0.0398. The van der Waals surface area contributed by atoms with Gasteiger partial charge in [-0.05, 0) is 25.1 Å². The molecular formula is C18H15NO3. The molecule has 0 fully saturated rings. The van der Waals surface area contributed by atoms with E-state index in [4.69, 9.17) is 4.74 Å². The molecule has 0 saturated heterocycles. The Morgan fingerprint density at radius 3 is 2.45 bits per heavy atom. The summed E-state index contributed by atoms with van der Waals surface area (Å²) in [7, 11) is 0. The van der Waals surface area contributed by atoms with Crippen LogP contribution in [0.2, 0.25) is 0 Å². The molecule has 0 bridgehead atoms. The Hall–Kier alpha value is -2.88. The van der Waals surface area contributed by atoms with Crippen molar-refractivity contribution in [2.45, 2.75) is 6.92 Å². The summed E-state index contributed by atoms with van der Waals surface area (Å²) in [4.78, 5) is 24.2. The van der Waals surface area contributed by atoms with Crippen LogP contribution in [0.25, 0.3) is 5.52 Å². The molecule has 0 aliphatic heterocycles. The minimum Gasteiger partial charge on any atom is -0.462 e. The summed E-state index contributed by atoms with van der Waals surface area (Å²) in [5, 5.41) is 0. The van der Waals surface area contributed by atoms with Gasteiger partial charge in [-0.2, -0.15) is 0 Å². The van der Waals surface area contributed by atoms with E-state index in [2.05, 4.69) is 0 Å². The topological polar surface area (TPSA) is 47.8 Å². The second-order valence-electron chi connectivity index (χ2n) is 4.89. The highest BCUT2D eigenvalue weighted by Gasteiger charge is 2.12. The van der Waals surface area contributed by atoms with Crippen LogP contribution < -0.4 is 0 Å². The van der Waals surface area contributed by atoms with E-state index in [0.717, 1.165) is 5.52 Å². The van der Waals surface area contributed by atoms with Gasteiger partial charge in [0.15, 0.2) is 5.78 Å². The van der Waals surface area contributed by atoms with Gasteiger partial charge in [0.2, 0.25) is 0 Å². The first-order valence-corrected chi connectivity index (χ1v) is 7.07. The fourth-order valence-corrected chi connectivity index (χ4v) is 2.33. The monoisotopic (exact) mass is 293 g/mol. The number of nitrogens with zero attached hydrogens (tertiary/aromatic N) is 1. The second-order valence-corrected chi connectivity index (χ2v) is 4.89. The van der Waals surface area contributed by atoms with Gasteiger partial charge in [0.1, 0.15) is 0 Å². The molecule has 0 radical (unpaired) electrons. The SMILES string of the molecule is CCOC(=O)c1cc2cc(C(=O)c3ccccc3)ccn2c1. The summed E-state index contributed by atoms with van der Waals surface area (Å²) >= 11 is 0. The highest BCUT2D eigenvalue weighted by molar-refractivity contribution is 6.09. The zero-order valence-electron chi connectivity index (χ0n) is 12.2. The van der Waals surface area contributed by atoms with Crippen molar-refractivity contribution in [1.82, 2.24) is 4.40 Å². The highest BCUT2D eigenvalue weighted by atomic mass is 16.5. The van der Waals surface area contributed by atoms with E-state index in [0.29, 0.717) is 23.3 Å². The number of hydrogen-bond donors (Lipinski definition) is 0. The van der Waals surface area contributed by atoms with Crippen molar-refractivity contribution < 1.29 is 14.3 Å². The fourth-order valence-electron chi connectivity index (χ4n) is 2.33. The number of rotatable bonds is 4. The van der Waals surface area contributed by atoms with Crippen molar-refractivity contribution in [3.63, 3.8) is 0 Å². The summed E-state index contributed by atoms with van der Waals surface area (Å²) in [6, 6.07) is 14.4. The first kappa shape index (κ1) is 14.1. The number of benzene rings is 1. The van der Waals surface area contributed by atoms with Crippen LogP contribution in [0, 0.1) is 0 Å². The number of aromatic nitrogens is 1. The molecular weight excluding hydrogens is 278 g/mol. The number of fused-ring (bicyclic) bond motifs is 1. The molecule has 22 heavy (non-hydrogen) atoms. The number of carbonyl (C=O) groups is 2. The van der Waals surface area contributed by atoms with Gasteiger partial charge in [-0.3, -0.25) is 4.79 Å². The summed E-state index contributed by atoms with van der Waals surface area (Å²) in [6.45, 7) is 2.10. The fraction of sp³-hybridized carbons (Fsp3) is 0.111. The van der Waals surface area contributed by atoms with Crippen molar-refractivity contribution in [3.05, 3.63) is 77.6 Å². The maximum atomic E-state index is 12.4. The van der Waals surface area contributed by atoms with Gasteiger partial charge in [0, 0.05) is 29.0 Å². The molecule has 0 spiro atoms. The largest absolute Gasteiger partial charge is 0.462 e. The van der Waals surface area contributed by atoms with E-state index in [-0.39, 0.29) is 11.8 Å². The minimum atomic E-state index is -0.359. The molecule has 2 heterocycles. The Morgan fingerprint density at radius 1 is 1.00 bits per heavy atom. The first-order chi connectivity index (χ1) is 10.7. The quantitative estimate of drug-likeness (QED) is 0.547. The second kappa shape index (κ2) is 5.85. The predicted molar refractivity (Wildman–Crippen MR) is 83.2 cm³/mol. The number of ether oxygens (including phenoxy) is 1. The van der Waals surface area contributed by atoms with Crippen molar-refractivity contribution in [2.75, 3.05) is 6.61 Å². The van der Waals surface area contributed by atoms with Crippen LogP contribution in [0.5, 0.6) is 0 Å². The molecule has 0 atom stereocenters. The molecule has 3 rings (SSSR count). The van der Waals surface area contributed by atoms with E-state index in [1.54, 1.807) is 54.0 Å². The molecule has 0 aliphatic rings. The van der Waals surface area contributed by atoms with Crippen LogP contribution in [-0.4, -0.2) is 22.8 Å². The van der Waals surface area contributed by atoms with E-state index in [1.807, 2.05) is 18.2 Å². The zero-order valence-corrected chi connectivity index (χ0v) is 12.2. The third-order valence-corrected chi connectivity index (χ3v) is 3.41. The molecule has 0 aliphatic carbocycles. The summed E-state index contributed by atoms with van der Waals surface area (Å²) in [5.41, 5.74) is 2.49. The molecule has 4 heteroatoms. The lowest BCUT2D eigenvalue weighted by molar-refractivity contribution is 0.0526. The molecule has 1 aromatic carbocycles. The maximum absolute atomic E-state index is 12.4. The molecule has 4 nitrogen and oxygen atoms in total. The van der Waals surface area contributed by atoms with Gasteiger partial charge in [-0.15, -0.1) is 0 Å². The normalized spacial score (nSPS) is 10.6. The average molecular weight is 293 g/mol. The average Bonchev–Trinajstić information content (AvgIpc) is 2.98. The zero-order chi connectivity index (χ0) is 15.5. The van der Waals surface area contributed by atoms with Crippen LogP contribution in [-0.2, 0) is 4.74 Å². The molecule has 110 valence electrons. The third-order valence-electron chi connectivity index (χ3n) is 3.41. The van der Waals surface area contributed by atoms with Crippen LogP contribution >= 0.6 is 0 Å². The van der Waals surface area contributed by atoms with Crippen LogP contribution in [0.4, 0.5) is 0 Å². The van der Waals surface area contributed by atoms with E-state index >= 15 is 0 Å². The standard InChI is InChI=1S/C18H15NO3/c1-2-22-18(21)15-11-16-10-14(8-9-19(16)12-15)17(20)13-6-4-3-5-7-13/h3-12H,2H2,1H3. The lowest BCUT2D eigenvalue weighted by atomic mass is 10.0. The predicted octanol–water partition coefficient (Wildman–Crippen LogP) is 3.35. The Labute approximate surface area is 128 Å². The number of carbonyl (C=O) groups excluding carboxylic acids is 2. The summed E-state index contributed by atoms with van der Waals surface area (Å²) in [5.74, 6) is -0.399. The lowest BCUT2D eigenvalue weighted by Gasteiger charge is -2.02. The smallest absolute Gasteiger partial charge is 0.339 e. The van der Waals surface area contributed by atoms with Gasteiger partial charge in [-0.25, -0.2) is 4.79 Å². The highest BCUT2D eigenvalue weighted by Crippen LogP contribution is 2.16. The molecule has 2 aromatic heterocycles. The first-order valence-electron chi connectivity index (χ1n) is 7.07. The van der Waals surface area contributed by atoms with Crippen molar-refractivity contribution in [3.8, 4) is 0 Å². The van der Waals surface area contributed by atoms with E-state index in [9.17, 15) is 9.59 Å². The van der Waals surface area contributed by atoms with E-state index < -0.39 is 0 Å². The number of hydrogen-bond acceptors (Lipinski definition) is 3. The van der Waals surface area contributed by atoms with Crippen LogP contribution in [0.3, 0.4) is 0 Å². The Bertz CT molecular complexity index is 834. The number of esters is 1. The maximum Gasteiger partial charge on any atom is 0.339 e. The van der Waals surface area contributed by atoms with Gasteiger partial charge >= 0.3 is 5.97 Å². The Kier molecular flexibility index (Phi) is 3.74. The van der Waals surface area contributed by atoms with E-state index in [1.165, 1.54) is 0 Å². The molecule has 3 aromatic rings. The van der Waals surface area contributed by atoms with Gasteiger partial charge in [0.05, 0.1) is 12.2 Å². The van der Waals surface area contributed by atoms with Crippen LogP contribution in [0.1, 0.15) is 33.2 Å². The van der Waals surface area contributed by atoms with Gasteiger partial charge in [0.25, 0.3) is 0 Å². The Morgan fingerprint density at radius 2 is 1.73 bits per heavy atom. The van der Waals surface area contributed by atoms with Crippen molar-refractivity contribution in [2.24, 2.45) is 0 Å². The Balaban J connectivity index is 1.96. The van der Waals surface area contributed by atoms with Crippen LogP contribution in [0.15, 0.2) is 60.9 Å². The molecule has 0 N–H and O–H groups in total. The van der Waals surface area contributed by atoms with Crippen molar-refractivity contribution in [1.29, 1.82) is 0 Å². The van der Waals surface area contributed by atoms with Gasteiger partial charge in [-0.1, -0.05) is 30.3 Å². The molecule has 0 unspecified atom stereocenters. The number of ketones is 1. The third kappa shape index (κ3) is 2.63. The molecule has 0 amide bonds.